The minimum Gasteiger partial charge on any atom is -0.391 e. The third-order valence-corrected chi connectivity index (χ3v) is 6.75. The molecule has 2 saturated heterocycles. The first-order valence-electron chi connectivity index (χ1n) is 10.3. The molecule has 0 unspecified atom stereocenters. The highest BCUT2D eigenvalue weighted by atomic mass is 32.1. The van der Waals surface area contributed by atoms with Crippen LogP contribution in [0.3, 0.4) is 0 Å². The quantitative estimate of drug-likeness (QED) is 0.724. The summed E-state index contributed by atoms with van der Waals surface area (Å²) in [5, 5.41) is 13.2. The van der Waals surface area contributed by atoms with Crippen molar-refractivity contribution in [3.8, 4) is 10.4 Å². The highest BCUT2D eigenvalue weighted by Crippen LogP contribution is 2.28. The smallest absolute Gasteiger partial charge is 0.242 e. The van der Waals surface area contributed by atoms with Crippen molar-refractivity contribution in [2.45, 2.75) is 44.4 Å². The number of amides is 1. The van der Waals surface area contributed by atoms with Gasteiger partial charge in [0.2, 0.25) is 5.91 Å². The van der Waals surface area contributed by atoms with E-state index in [0.29, 0.717) is 39.0 Å². The predicted molar refractivity (Wildman–Crippen MR) is 114 cm³/mol. The van der Waals surface area contributed by atoms with Crippen molar-refractivity contribution >= 4 is 23.0 Å². The summed E-state index contributed by atoms with van der Waals surface area (Å²) in [7, 11) is 0. The molecule has 7 nitrogen and oxygen atoms in total. The van der Waals surface area contributed by atoms with Crippen molar-refractivity contribution in [3.05, 3.63) is 41.0 Å². The summed E-state index contributed by atoms with van der Waals surface area (Å²) in [6.07, 6.45) is 0.603. The minimum atomic E-state index is -0.658. The van der Waals surface area contributed by atoms with E-state index in [1.807, 2.05) is 24.6 Å². The van der Waals surface area contributed by atoms with Crippen LogP contribution in [-0.2, 0) is 20.7 Å². The number of nitrogens with zero attached hydrogens (tertiary/aromatic N) is 2. The zero-order valence-corrected chi connectivity index (χ0v) is 17.9. The van der Waals surface area contributed by atoms with Crippen LogP contribution in [0.25, 0.3) is 10.4 Å². The van der Waals surface area contributed by atoms with Crippen molar-refractivity contribution < 1.29 is 19.4 Å². The van der Waals surface area contributed by atoms with Crippen LogP contribution in [0, 0.1) is 6.92 Å². The Balaban J connectivity index is 1.36. The van der Waals surface area contributed by atoms with Crippen LogP contribution >= 0.6 is 11.3 Å². The average Bonchev–Trinajstić information content (AvgIpc) is 3.38. The normalized spacial score (nSPS) is 24.2. The second-order valence-corrected chi connectivity index (χ2v) is 8.76. The molecule has 2 aliphatic rings. The van der Waals surface area contributed by atoms with Gasteiger partial charge < -0.3 is 20.1 Å². The lowest BCUT2D eigenvalue weighted by atomic mass is 10.00. The first-order chi connectivity index (χ1) is 14.5. The number of aliphatic hydroxyl groups is 1. The molecular formula is C22H27N3O4S. The molecule has 2 fully saturated rings. The third-order valence-electron chi connectivity index (χ3n) is 5.78. The summed E-state index contributed by atoms with van der Waals surface area (Å²) in [5.74, 6) is -0.159. The number of carbonyl (C=O) groups excluding carboxylic acids is 2. The molecule has 3 atom stereocenters. The van der Waals surface area contributed by atoms with Crippen molar-refractivity contribution in [1.29, 1.82) is 0 Å². The van der Waals surface area contributed by atoms with Gasteiger partial charge in [-0.2, -0.15) is 0 Å². The summed E-state index contributed by atoms with van der Waals surface area (Å²) in [6, 6.07) is 7.20. The van der Waals surface area contributed by atoms with Gasteiger partial charge in [-0.25, -0.2) is 4.98 Å². The fourth-order valence-corrected chi connectivity index (χ4v) is 4.93. The average molecular weight is 430 g/mol. The fraction of sp³-hybridized carbons (Fsp3) is 0.500. The van der Waals surface area contributed by atoms with Crippen LogP contribution in [0.2, 0.25) is 0 Å². The number of ketones is 1. The molecule has 4 rings (SSSR count). The number of morpholine rings is 1. The maximum absolute atomic E-state index is 12.9. The van der Waals surface area contributed by atoms with E-state index in [4.69, 9.17) is 4.74 Å². The Kier molecular flexibility index (Phi) is 6.58. The Morgan fingerprint density at radius 3 is 2.80 bits per heavy atom. The number of aliphatic hydroxyl groups excluding tert-OH is 1. The van der Waals surface area contributed by atoms with Gasteiger partial charge in [0.15, 0.2) is 5.78 Å². The molecule has 0 radical (unpaired) electrons. The van der Waals surface area contributed by atoms with Gasteiger partial charge in [0.1, 0.15) is 6.04 Å². The van der Waals surface area contributed by atoms with E-state index in [-0.39, 0.29) is 18.2 Å². The number of aromatic nitrogens is 1. The second-order valence-electron chi connectivity index (χ2n) is 7.91. The Morgan fingerprint density at radius 2 is 2.13 bits per heavy atom. The van der Waals surface area contributed by atoms with Gasteiger partial charge in [0.25, 0.3) is 0 Å². The number of hydrogen-bond donors (Lipinski definition) is 2. The molecular weight excluding hydrogens is 402 g/mol. The fourth-order valence-electron chi connectivity index (χ4n) is 4.12. The SMILES string of the molecule is Cc1ncsc1-c1ccc(CCC(=O)[C@@H]2C[C@@H](O)CN2C(=O)[C@@H]2COCCN2)cc1. The molecule has 0 spiro atoms. The molecule has 1 amide bonds. The Bertz CT molecular complexity index is 892. The van der Waals surface area contributed by atoms with Crippen LogP contribution in [0.5, 0.6) is 0 Å². The topological polar surface area (TPSA) is 91.8 Å². The number of benzene rings is 1. The highest BCUT2D eigenvalue weighted by Gasteiger charge is 2.40. The number of thiazole rings is 1. The molecule has 1 aromatic heterocycles. The van der Waals surface area contributed by atoms with Crippen LogP contribution in [-0.4, -0.2) is 71.2 Å². The van der Waals surface area contributed by atoms with Crippen molar-refractivity contribution in [1.82, 2.24) is 15.2 Å². The van der Waals surface area contributed by atoms with E-state index in [2.05, 4.69) is 22.4 Å². The Hall–Kier alpha value is -2.13. The summed E-state index contributed by atoms with van der Waals surface area (Å²) in [4.78, 5) is 32.7. The molecule has 8 heteroatoms. The van der Waals surface area contributed by atoms with Gasteiger partial charge in [-0.15, -0.1) is 11.3 Å². The van der Waals surface area contributed by atoms with E-state index >= 15 is 0 Å². The molecule has 160 valence electrons. The first kappa shape index (κ1) is 21.1. The van der Waals surface area contributed by atoms with Gasteiger partial charge in [0, 0.05) is 25.9 Å². The van der Waals surface area contributed by atoms with Gasteiger partial charge in [-0.05, 0) is 24.5 Å². The molecule has 2 aromatic rings. The number of ether oxygens (including phenoxy) is 1. The Morgan fingerprint density at radius 1 is 1.33 bits per heavy atom. The molecule has 2 aliphatic heterocycles. The Labute approximate surface area is 180 Å². The summed E-state index contributed by atoms with van der Waals surface area (Å²) in [5.41, 5.74) is 5.07. The molecule has 2 N–H and O–H groups in total. The number of aryl methyl sites for hydroxylation is 2. The van der Waals surface area contributed by atoms with Gasteiger partial charge >= 0.3 is 0 Å². The molecule has 0 aliphatic carbocycles. The van der Waals surface area contributed by atoms with E-state index in [0.717, 1.165) is 21.7 Å². The number of carbonyl (C=O) groups is 2. The molecule has 30 heavy (non-hydrogen) atoms. The molecule has 0 saturated carbocycles. The largest absolute Gasteiger partial charge is 0.391 e. The number of nitrogens with one attached hydrogen (secondary N) is 1. The monoisotopic (exact) mass is 429 g/mol. The highest BCUT2D eigenvalue weighted by molar-refractivity contribution is 7.13. The zero-order valence-electron chi connectivity index (χ0n) is 17.0. The van der Waals surface area contributed by atoms with Gasteiger partial charge in [0.05, 0.1) is 41.4 Å². The zero-order chi connectivity index (χ0) is 21.1. The van der Waals surface area contributed by atoms with E-state index in [9.17, 15) is 14.7 Å². The first-order valence-corrected chi connectivity index (χ1v) is 11.2. The number of rotatable bonds is 6. The number of Topliss-reactive ketones (excluding diaryl/α,β-unsaturated/α-hetero) is 1. The number of β-amino-alcohol motifs (C(OH)–C–C–N with tert-alkyl or cyclic N) is 1. The second kappa shape index (κ2) is 9.34. The van der Waals surface area contributed by atoms with E-state index in [1.165, 1.54) is 4.90 Å². The summed E-state index contributed by atoms with van der Waals surface area (Å²) < 4.78 is 5.37. The standard InChI is InChI=1S/C22H27N3O4S/c1-14-21(30-13-24-14)16-5-2-15(3-6-16)4-7-20(27)19-10-17(26)11-25(19)22(28)18-12-29-9-8-23-18/h2-3,5-6,13,17-19,23,26H,4,7-12H2,1H3/t17-,18+,19+/m1/s1. The van der Waals surface area contributed by atoms with Gasteiger partial charge in [-0.3, -0.25) is 9.59 Å². The van der Waals surface area contributed by atoms with Crippen LogP contribution in [0.4, 0.5) is 0 Å². The number of hydrogen-bond acceptors (Lipinski definition) is 7. The lowest BCUT2D eigenvalue weighted by Gasteiger charge is -2.30. The number of likely N-dealkylation sites (tertiary alicyclic amines) is 1. The van der Waals surface area contributed by atoms with Crippen molar-refractivity contribution in [2.24, 2.45) is 0 Å². The lowest BCUT2D eigenvalue weighted by molar-refractivity contribution is -0.141. The van der Waals surface area contributed by atoms with Crippen LogP contribution in [0.15, 0.2) is 29.8 Å². The van der Waals surface area contributed by atoms with Gasteiger partial charge in [-0.1, -0.05) is 24.3 Å². The van der Waals surface area contributed by atoms with E-state index in [1.54, 1.807) is 11.3 Å². The van der Waals surface area contributed by atoms with Crippen LogP contribution in [0.1, 0.15) is 24.1 Å². The maximum Gasteiger partial charge on any atom is 0.242 e. The van der Waals surface area contributed by atoms with Crippen molar-refractivity contribution in [2.75, 3.05) is 26.3 Å². The van der Waals surface area contributed by atoms with Crippen molar-refractivity contribution in [3.63, 3.8) is 0 Å². The maximum atomic E-state index is 12.9. The van der Waals surface area contributed by atoms with E-state index < -0.39 is 18.2 Å². The molecule has 3 heterocycles. The molecule has 0 bridgehead atoms. The predicted octanol–water partition coefficient (Wildman–Crippen LogP) is 1.57. The summed E-state index contributed by atoms with van der Waals surface area (Å²) >= 11 is 1.62. The summed E-state index contributed by atoms with van der Waals surface area (Å²) in [6.45, 7) is 3.70. The van der Waals surface area contributed by atoms with Crippen LogP contribution < -0.4 is 5.32 Å². The lowest BCUT2D eigenvalue weighted by Crippen LogP contribution is -2.54. The molecule has 1 aromatic carbocycles. The minimum absolute atomic E-state index is 0.000921. The third kappa shape index (κ3) is 4.62.